The van der Waals surface area contributed by atoms with Gasteiger partial charge in [0.25, 0.3) is 5.91 Å². The van der Waals surface area contributed by atoms with E-state index in [1.807, 2.05) is 0 Å². The van der Waals surface area contributed by atoms with Crippen LogP contribution in [0, 0.1) is 13.8 Å². The maximum atomic E-state index is 12.6. The van der Waals surface area contributed by atoms with E-state index < -0.39 is 11.9 Å². The first kappa shape index (κ1) is 19.0. The molecule has 0 bridgehead atoms. The highest BCUT2D eigenvalue weighted by atomic mass is 16.5. The highest BCUT2D eigenvalue weighted by Crippen LogP contribution is 2.28. The topological polar surface area (TPSA) is 110 Å². The summed E-state index contributed by atoms with van der Waals surface area (Å²) in [6.45, 7) is 4.74. The smallest absolute Gasteiger partial charge is 0.339 e. The molecule has 0 aliphatic heterocycles. The lowest BCUT2D eigenvalue weighted by Gasteiger charge is -2.12. The zero-order valence-electron chi connectivity index (χ0n) is 15.3. The molecule has 2 amide bonds. The minimum absolute atomic E-state index is 0.259. The van der Waals surface area contributed by atoms with E-state index in [9.17, 15) is 14.4 Å². The minimum Gasteiger partial charge on any atom is -0.495 e. The van der Waals surface area contributed by atoms with Crippen molar-refractivity contribution in [3.63, 3.8) is 0 Å². The third-order valence-corrected chi connectivity index (χ3v) is 3.82. The third kappa shape index (κ3) is 3.85. The molecule has 0 spiro atoms. The first-order valence-corrected chi connectivity index (χ1v) is 7.83. The number of aryl methyl sites for hydroxylation is 1. The van der Waals surface area contributed by atoms with Gasteiger partial charge in [0.05, 0.1) is 25.5 Å². The van der Waals surface area contributed by atoms with Crippen LogP contribution in [0.5, 0.6) is 5.75 Å². The van der Waals surface area contributed by atoms with Crippen molar-refractivity contribution in [1.82, 2.24) is 4.98 Å². The van der Waals surface area contributed by atoms with Gasteiger partial charge in [-0.1, -0.05) is 0 Å². The predicted octanol–water partition coefficient (Wildman–Crippen LogP) is 2.64. The standard InChI is InChI=1S/C18H21N3O5/c1-9-15(18(24)26-5)10(2)19-16(9)17(23)21-12-6-7-14(25-4)13(8-12)20-11(3)22/h6-8,19H,1-5H3,(H,20,22)(H,21,23). The lowest BCUT2D eigenvalue weighted by molar-refractivity contribution is -0.114. The van der Waals surface area contributed by atoms with Gasteiger partial charge in [0, 0.05) is 18.3 Å². The molecule has 2 aromatic rings. The lowest BCUT2D eigenvalue weighted by Crippen LogP contribution is -2.15. The number of nitrogens with one attached hydrogen (secondary N) is 3. The number of carbonyl (C=O) groups excluding carboxylic acids is 3. The maximum Gasteiger partial charge on any atom is 0.339 e. The Bertz CT molecular complexity index is 870. The highest BCUT2D eigenvalue weighted by molar-refractivity contribution is 6.07. The molecule has 0 unspecified atom stereocenters. The van der Waals surface area contributed by atoms with E-state index in [1.165, 1.54) is 21.1 Å². The molecular weight excluding hydrogens is 338 g/mol. The zero-order valence-corrected chi connectivity index (χ0v) is 15.3. The van der Waals surface area contributed by atoms with E-state index in [0.29, 0.717) is 33.9 Å². The lowest BCUT2D eigenvalue weighted by atomic mass is 10.1. The Morgan fingerprint density at radius 3 is 2.35 bits per heavy atom. The van der Waals surface area contributed by atoms with E-state index in [4.69, 9.17) is 9.47 Å². The number of ether oxygens (including phenoxy) is 2. The van der Waals surface area contributed by atoms with Crippen molar-refractivity contribution in [2.45, 2.75) is 20.8 Å². The van der Waals surface area contributed by atoms with Gasteiger partial charge in [-0.3, -0.25) is 9.59 Å². The maximum absolute atomic E-state index is 12.6. The molecule has 0 aliphatic rings. The Balaban J connectivity index is 2.31. The molecule has 0 saturated heterocycles. The normalized spacial score (nSPS) is 10.2. The van der Waals surface area contributed by atoms with Gasteiger partial charge in [0.1, 0.15) is 11.4 Å². The highest BCUT2D eigenvalue weighted by Gasteiger charge is 2.22. The number of rotatable bonds is 5. The summed E-state index contributed by atoms with van der Waals surface area (Å²) in [7, 11) is 2.77. The van der Waals surface area contributed by atoms with Crippen molar-refractivity contribution in [3.05, 3.63) is 40.7 Å². The summed E-state index contributed by atoms with van der Waals surface area (Å²) in [5.74, 6) is -0.712. The summed E-state index contributed by atoms with van der Waals surface area (Å²) in [5, 5.41) is 5.37. The van der Waals surface area contributed by atoms with Crippen LogP contribution < -0.4 is 15.4 Å². The average molecular weight is 359 g/mol. The number of aromatic nitrogens is 1. The van der Waals surface area contributed by atoms with E-state index in [2.05, 4.69) is 15.6 Å². The van der Waals surface area contributed by atoms with Crippen molar-refractivity contribution in [1.29, 1.82) is 0 Å². The van der Waals surface area contributed by atoms with Crippen LogP contribution in [0.15, 0.2) is 18.2 Å². The number of carbonyl (C=O) groups is 3. The number of esters is 1. The minimum atomic E-state index is -0.507. The molecule has 1 aromatic heterocycles. The fourth-order valence-electron chi connectivity index (χ4n) is 2.65. The van der Waals surface area contributed by atoms with Gasteiger partial charge in [-0.25, -0.2) is 4.79 Å². The van der Waals surface area contributed by atoms with Crippen molar-refractivity contribution >= 4 is 29.2 Å². The molecular formula is C18H21N3O5. The van der Waals surface area contributed by atoms with Gasteiger partial charge in [-0.15, -0.1) is 0 Å². The second-order valence-corrected chi connectivity index (χ2v) is 5.67. The van der Waals surface area contributed by atoms with Crippen LogP contribution in [-0.2, 0) is 9.53 Å². The number of hydrogen-bond donors (Lipinski definition) is 3. The van der Waals surface area contributed by atoms with Gasteiger partial charge >= 0.3 is 5.97 Å². The SMILES string of the molecule is COC(=O)c1c(C)[nH]c(C(=O)Nc2ccc(OC)c(NC(C)=O)c2)c1C. The molecule has 8 heteroatoms. The first-order chi connectivity index (χ1) is 12.3. The summed E-state index contributed by atoms with van der Waals surface area (Å²) in [5.41, 5.74) is 2.56. The van der Waals surface area contributed by atoms with E-state index in [1.54, 1.807) is 32.0 Å². The van der Waals surface area contributed by atoms with Gasteiger partial charge < -0.3 is 25.1 Å². The molecule has 1 heterocycles. The van der Waals surface area contributed by atoms with E-state index in [0.717, 1.165) is 0 Å². The summed E-state index contributed by atoms with van der Waals surface area (Å²) >= 11 is 0. The van der Waals surface area contributed by atoms with Crippen LogP contribution in [0.2, 0.25) is 0 Å². The molecule has 1 aromatic carbocycles. The van der Waals surface area contributed by atoms with Crippen LogP contribution in [0.4, 0.5) is 11.4 Å². The van der Waals surface area contributed by atoms with Crippen LogP contribution in [-0.4, -0.2) is 37.0 Å². The third-order valence-electron chi connectivity index (χ3n) is 3.82. The summed E-state index contributed by atoms with van der Waals surface area (Å²) in [6.07, 6.45) is 0. The van der Waals surface area contributed by atoms with Gasteiger partial charge in [-0.05, 0) is 37.6 Å². The zero-order chi connectivity index (χ0) is 19.4. The van der Waals surface area contributed by atoms with E-state index in [-0.39, 0.29) is 11.6 Å². The number of H-pyrrole nitrogens is 1. The number of methoxy groups -OCH3 is 2. The summed E-state index contributed by atoms with van der Waals surface area (Å²) in [6, 6.07) is 4.87. The van der Waals surface area contributed by atoms with Gasteiger partial charge in [-0.2, -0.15) is 0 Å². The Morgan fingerprint density at radius 1 is 1.08 bits per heavy atom. The molecule has 2 rings (SSSR count). The van der Waals surface area contributed by atoms with Crippen molar-refractivity contribution < 1.29 is 23.9 Å². The van der Waals surface area contributed by atoms with Crippen LogP contribution in [0.25, 0.3) is 0 Å². The van der Waals surface area contributed by atoms with Crippen LogP contribution >= 0.6 is 0 Å². The predicted molar refractivity (Wildman–Crippen MR) is 96.9 cm³/mol. The van der Waals surface area contributed by atoms with Gasteiger partial charge in [0.15, 0.2) is 0 Å². The molecule has 3 N–H and O–H groups in total. The molecule has 0 aliphatic carbocycles. The number of aromatic amines is 1. The largest absolute Gasteiger partial charge is 0.495 e. The summed E-state index contributed by atoms with van der Waals surface area (Å²) in [4.78, 5) is 38.6. The Morgan fingerprint density at radius 2 is 1.77 bits per heavy atom. The molecule has 0 fully saturated rings. The monoisotopic (exact) mass is 359 g/mol. The molecule has 0 atom stereocenters. The first-order valence-electron chi connectivity index (χ1n) is 7.83. The fourth-order valence-corrected chi connectivity index (χ4v) is 2.65. The average Bonchev–Trinajstić information content (AvgIpc) is 2.88. The number of hydrogen-bond acceptors (Lipinski definition) is 5. The summed E-state index contributed by atoms with van der Waals surface area (Å²) < 4.78 is 9.93. The van der Waals surface area contributed by atoms with Crippen molar-refractivity contribution in [2.75, 3.05) is 24.9 Å². The quantitative estimate of drug-likeness (QED) is 0.711. The number of amides is 2. The van der Waals surface area contributed by atoms with Gasteiger partial charge in [0.2, 0.25) is 5.91 Å². The van der Waals surface area contributed by atoms with Crippen LogP contribution in [0.3, 0.4) is 0 Å². The number of benzene rings is 1. The molecule has 26 heavy (non-hydrogen) atoms. The molecule has 138 valence electrons. The second kappa shape index (κ2) is 7.73. The Labute approximate surface area is 150 Å². The molecule has 8 nitrogen and oxygen atoms in total. The number of anilines is 2. The second-order valence-electron chi connectivity index (χ2n) is 5.67. The molecule has 0 saturated carbocycles. The Hall–Kier alpha value is -3.29. The molecule has 0 radical (unpaired) electrons. The van der Waals surface area contributed by atoms with Crippen LogP contribution in [0.1, 0.15) is 39.0 Å². The Kier molecular flexibility index (Phi) is 5.66. The van der Waals surface area contributed by atoms with Crippen molar-refractivity contribution in [2.24, 2.45) is 0 Å². The fraction of sp³-hybridized carbons (Fsp3) is 0.278. The van der Waals surface area contributed by atoms with E-state index >= 15 is 0 Å². The van der Waals surface area contributed by atoms with Crippen molar-refractivity contribution in [3.8, 4) is 5.75 Å².